The zero-order valence-corrected chi connectivity index (χ0v) is 11.7. The Morgan fingerprint density at radius 2 is 2.16 bits per heavy atom. The molecule has 0 aliphatic heterocycles. The van der Waals surface area contributed by atoms with Crippen molar-refractivity contribution in [2.24, 2.45) is 4.99 Å². The molecule has 0 amide bonds. The number of hydrogen-bond acceptors (Lipinski definition) is 2. The molecule has 3 rings (SSSR count). The van der Waals surface area contributed by atoms with Crippen LogP contribution in [0.15, 0.2) is 65.7 Å². The highest BCUT2D eigenvalue weighted by atomic mass is 32.1. The lowest BCUT2D eigenvalue weighted by atomic mass is 10.1. The van der Waals surface area contributed by atoms with Crippen molar-refractivity contribution in [1.82, 2.24) is 0 Å². The van der Waals surface area contributed by atoms with E-state index in [1.54, 1.807) is 11.3 Å². The Hall–Kier alpha value is -1.93. The van der Waals surface area contributed by atoms with Crippen LogP contribution in [0.1, 0.15) is 18.2 Å². The molecule has 0 atom stereocenters. The molecule has 0 spiro atoms. The predicted molar refractivity (Wildman–Crippen MR) is 85.8 cm³/mol. The molecule has 0 N–H and O–H groups in total. The second-order valence-electron chi connectivity index (χ2n) is 4.42. The largest absolute Gasteiger partial charge is 0.252 e. The van der Waals surface area contributed by atoms with Crippen LogP contribution in [0.5, 0.6) is 0 Å². The van der Waals surface area contributed by atoms with E-state index < -0.39 is 0 Å². The van der Waals surface area contributed by atoms with Crippen molar-refractivity contribution in [3.05, 3.63) is 65.6 Å². The summed E-state index contributed by atoms with van der Waals surface area (Å²) in [5.41, 5.74) is 2.18. The number of benzene rings is 1. The number of allylic oxidation sites excluding steroid dienone is 5. The van der Waals surface area contributed by atoms with Gasteiger partial charge in [0.1, 0.15) is 0 Å². The molecule has 2 aromatic rings. The van der Waals surface area contributed by atoms with Gasteiger partial charge >= 0.3 is 0 Å². The molecule has 0 bridgehead atoms. The van der Waals surface area contributed by atoms with Crippen molar-refractivity contribution in [2.75, 3.05) is 0 Å². The maximum absolute atomic E-state index is 4.77. The quantitative estimate of drug-likeness (QED) is 0.706. The van der Waals surface area contributed by atoms with Crippen molar-refractivity contribution < 1.29 is 0 Å². The van der Waals surface area contributed by atoms with Crippen LogP contribution in [0.25, 0.3) is 15.8 Å². The highest BCUT2D eigenvalue weighted by Gasteiger charge is 2.06. The smallest absolute Gasteiger partial charge is 0.0762 e. The van der Waals surface area contributed by atoms with E-state index in [0.29, 0.717) is 0 Å². The SMILES string of the molecule is C/C=C(\N=C1C=CC=CC1)c1cc2ccccc2s1. The van der Waals surface area contributed by atoms with Gasteiger partial charge in [-0.1, -0.05) is 42.5 Å². The summed E-state index contributed by atoms with van der Waals surface area (Å²) in [7, 11) is 0. The second-order valence-corrected chi connectivity index (χ2v) is 5.50. The zero-order chi connectivity index (χ0) is 13.1. The average Bonchev–Trinajstić information content (AvgIpc) is 2.89. The Balaban J connectivity index is 1.98. The first kappa shape index (κ1) is 12.1. The van der Waals surface area contributed by atoms with Crippen LogP contribution in [-0.2, 0) is 0 Å². The Kier molecular flexibility index (Phi) is 3.43. The molecule has 0 unspecified atom stereocenters. The topological polar surface area (TPSA) is 12.4 Å². The van der Waals surface area contributed by atoms with Gasteiger partial charge in [-0.05, 0) is 30.5 Å². The number of thiophene rings is 1. The fourth-order valence-corrected chi connectivity index (χ4v) is 3.19. The van der Waals surface area contributed by atoms with Gasteiger partial charge in [-0.3, -0.25) is 4.99 Å². The molecule has 1 aliphatic rings. The number of nitrogens with zero attached hydrogens (tertiary/aromatic N) is 1. The third-order valence-corrected chi connectivity index (χ3v) is 4.22. The van der Waals surface area contributed by atoms with Gasteiger partial charge < -0.3 is 0 Å². The molecule has 1 heterocycles. The van der Waals surface area contributed by atoms with E-state index in [4.69, 9.17) is 4.99 Å². The minimum absolute atomic E-state index is 0.915. The number of rotatable bonds is 2. The molecule has 1 aliphatic carbocycles. The summed E-state index contributed by atoms with van der Waals surface area (Å²) in [6.07, 6.45) is 11.3. The van der Waals surface area contributed by atoms with Crippen LogP contribution in [0.3, 0.4) is 0 Å². The fraction of sp³-hybridized carbons (Fsp3) is 0.118. The van der Waals surface area contributed by atoms with Gasteiger partial charge in [-0.15, -0.1) is 11.3 Å². The Morgan fingerprint density at radius 3 is 2.89 bits per heavy atom. The van der Waals surface area contributed by atoms with Gasteiger partial charge in [-0.25, -0.2) is 0 Å². The predicted octanol–water partition coefficient (Wildman–Crippen LogP) is 5.22. The molecule has 1 nitrogen and oxygen atoms in total. The van der Waals surface area contributed by atoms with E-state index in [1.807, 2.05) is 13.0 Å². The minimum atomic E-state index is 0.915. The molecular weight excluding hydrogens is 250 g/mol. The van der Waals surface area contributed by atoms with Crippen LogP contribution >= 0.6 is 11.3 Å². The molecule has 0 saturated carbocycles. The van der Waals surface area contributed by atoms with Crippen molar-refractivity contribution in [2.45, 2.75) is 13.3 Å². The normalized spacial score (nSPS) is 17.5. The molecule has 94 valence electrons. The number of fused-ring (bicyclic) bond motifs is 1. The molecule has 1 aromatic carbocycles. The summed E-state index contributed by atoms with van der Waals surface area (Å²) in [5.74, 6) is 0. The van der Waals surface area contributed by atoms with E-state index in [9.17, 15) is 0 Å². The Morgan fingerprint density at radius 1 is 1.26 bits per heavy atom. The monoisotopic (exact) mass is 265 g/mol. The second kappa shape index (κ2) is 5.37. The zero-order valence-electron chi connectivity index (χ0n) is 10.8. The van der Waals surface area contributed by atoms with Crippen LogP contribution in [0.2, 0.25) is 0 Å². The van der Waals surface area contributed by atoms with Crippen molar-refractivity contribution >= 4 is 32.8 Å². The number of hydrogen-bond donors (Lipinski definition) is 0. The summed E-state index contributed by atoms with van der Waals surface area (Å²) >= 11 is 1.80. The number of aliphatic imine (C=N–C) groups is 1. The highest BCUT2D eigenvalue weighted by Crippen LogP contribution is 2.31. The molecular formula is C17H15NS. The molecule has 0 radical (unpaired) electrons. The van der Waals surface area contributed by atoms with Crippen LogP contribution in [-0.4, -0.2) is 5.71 Å². The van der Waals surface area contributed by atoms with E-state index in [0.717, 1.165) is 17.8 Å². The molecule has 19 heavy (non-hydrogen) atoms. The maximum atomic E-state index is 4.77. The summed E-state index contributed by atoms with van der Waals surface area (Å²) < 4.78 is 1.32. The van der Waals surface area contributed by atoms with E-state index in [1.165, 1.54) is 15.0 Å². The van der Waals surface area contributed by atoms with E-state index in [-0.39, 0.29) is 0 Å². The first-order valence-electron chi connectivity index (χ1n) is 6.43. The lowest BCUT2D eigenvalue weighted by Gasteiger charge is -2.03. The van der Waals surface area contributed by atoms with E-state index >= 15 is 0 Å². The summed E-state index contributed by atoms with van der Waals surface area (Å²) in [6.45, 7) is 2.05. The average molecular weight is 265 g/mol. The third-order valence-electron chi connectivity index (χ3n) is 3.08. The lowest BCUT2D eigenvalue weighted by Crippen LogP contribution is -1.94. The van der Waals surface area contributed by atoms with Gasteiger partial charge in [-0.2, -0.15) is 0 Å². The van der Waals surface area contributed by atoms with Gasteiger partial charge in [0, 0.05) is 16.8 Å². The molecule has 2 heteroatoms. The Bertz CT molecular complexity index is 681. The molecule has 0 saturated heterocycles. The van der Waals surface area contributed by atoms with Crippen LogP contribution in [0, 0.1) is 0 Å². The van der Waals surface area contributed by atoms with Gasteiger partial charge in [0.25, 0.3) is 0 Å². The summed E-state index contributed by atoms with van der Waals surface area (Å²) in [4.78, 5) is 6.00. The van der Waals surface area contributed by atoms with E-state index in [2.05, 4.69) is 54.6 Å². The third kappa shape index (κ3) is 2.59. The Labute approximate surface area is 117 Å². The highest BCUT2D eigenvalue weighted by molar-refractivity contribution is 7.20. The summed E-state index contributed by atoms with van der Waals surface area (Å²) in [6, 6.07) is 10.7. The van der Waals surface area contributed by atoms with Crippen molar-refractivity contribution in [3.8, 4) is 0 Å². The minimum Gasteiger partial charge on any atom is -0.252 e. The van der Waals surface area contributed by atoms with Gasteiger partial charge in [0.2, 0.25) is 0 Å². The first-order valence-corrected chi connectivity index (χ1v) is 7.24. The van der Waals surface area contributed by atoms with Gasteiger partial charge in [0.05, 0.1) is 10.6 Å². The molecule has 0 fully saturated rings. The molecule has 1 aromatic heterocycles. The lowest BCUT2D eigenvalue weighted by molar-refractivity contribution is 1.40. The van der Waals surface area contributed by atoms with Gasteiger partial charge in [0.15, 0.2) is 0 Å². The van der Waals surface area contributed by atoms with Crippen LogP contribution < -0.4 is 0 Å². The standard InChI is InChI=1S/C17H15NS/c1-2-15(18-14-9-4-3-5-10-14)17-12-13-8-6-7-11-16(13)19-17/h2-9,11-12H,10H2,1H3/b15-2-,18-14?. The van der Waals surface area contributed by atoms with Crippen LogP contribution in [0.4, 0.5) is 0 Å². The maximum Gasteiger partial charge on any atom is 0.0762 e. The van der Waals surface area contributed by atoms with Crippen molar-refractivity contribution in [3.63, 3.8) is 0 Å². The fourth-order valence-electron chi connectivity index (χ4n) is 2.11. The summed E-state index contributed by atoms with van der Waals surface area (Å²) in [5, 5.41) is 1.29. The first-order chi connectivity index (χ1) is 9.36. The van der Waals surface area contributed by atoms with Crippen molar-refractivity contribution in [1.29, 1.82) is 0 Å².